The second-order valence-corrected chi connectivity index (χ2v) is 9.01. The molecule has 1 fully saturated rings. The highest BCUT2D eigenvalue weighted by Gasteiger charge is 2.34. The molecule has 0 bridgehead atoms. The van der Waals surface area contributed by atoms with Gasteiger partial charge in [-0.15, -0.1) is 0 Å². The maximum atomic E-state index is 13.8. The zero-order chi connectivity index (χ0) is 24.2. The van der Waals surface area contributed by atoms with Crippen molar-refractivity contribution in [2.45, 2.75) is 39.3 Å². The van der Waals surface area contributed by atoms with Gasteiger partial charge in [0, 0.05) is 10.7 Å². The van der Waals surface area contributed by atoms with Crippen molar-refractivity contribution in [3.8, 4) is 5.75 Å². The van der Waals surface area contributed by atoms with Crippen molar-refractivity contribution in [1.29, 1.82) is 0 Å². The summed E-state index contributed by atoms with van der Waals surface area (Å²) in [5.74, 6) is 0.263. The van der Waals surface area contributed by atoms with E-state index in [1.807, 2.05) is 18.2 Å². The number of likely N-dealkylation sites (tertiary alicyclic amines) is 1. The average molecular weight is 485 g/mol. The second-order valence-electron chi connectivity index (χ2n) is 8.57. The molecule has 34 heavy (non-hydrogen) atoms. The molecule has 3 aromatic rings. The number of rotatable bonds is 7. The lowest BCUT2D eigenvalue weighted by Crippen LogP contribution is -2.42. The van der Waals surface area contributed by atoms with Crippen LogP contribution in [0.3, 0.4) is 0 Å². The van der Waals surface area contributed by atoms with Crippen LogP contribution in [0.15, 0.2) is 57.9 Å². The van der Waals surface area contributed by atoms with Gasteiger partial charge in [0.2, 0.25) is 0 Å². The molecule has 0 saturated carbocycles. The number of hydrogen-bond acceptors (Lipinski definition) is 6. The maximum absolute atomic E-state index is 13.8. The van der Waals surface area contributed by atoms with Crippen LogP contribution in [0.25, 0.3) is 0 Å². The molecule has 180 valence electrons. The zero-order valence-electron chi connectivity index (χ0n) is 19.4. The van der Waals surface area contributed by atoms with Gasteiger partial charge < -0.3 is 18.8 Å². The molecule has 1 atom stereocenters. The molecule has 1 saturated heterocycles. The van der Waals surface area contributed by atoms with Gasteiger partial charge in [0.1, 0.15) is 11.5 Å². The molecule has 0 radical (unpaired) electrons. The van der Waals surface area contributed by atoms with Crippen LogP contribution in [0.4, 0.5) is 0 Å². The van der Waals surface area contributed by atoms with Crippen LogP contribution in [-0.2, 0) is 16.1 Å². The molecule has 3 heterocycles. The lowest BCUT2D eigenvalue weighted by atomic mass is 9.91. The second kappa shape index (κ2) is 10.5. The number of carbonyl (C=O) groups excluding carboxylic acids is 1. The van der Waals surface area contributed by atoms with E-state index >= 15 is 0 Å². The third-order valence-electron chi connectivity index (χ3n) is 6.39. The molecule has 0 spiro atoms. The monoisotopic (exact) mass is 484 g/mol. The fourth-order valence-electron chi connectivity index (χ4n) is 4.64. The molecule has 1 N–H and O–H groups in total. The lowest BCUT2D eigenvalue weighted by molar-refractivity contribution is -0.149. The summed E-state index contributed by atoms with van der Waals surface area (Å²) in [6.45, 7) is 5.39. The Labute approximate surface area is 203 Å². The predicted molar refractivity (Wildman–Crippen MR) is 129 cm³/mol. The summed E-state index contributed by atoms with van der Waals surface area (Å²) in [5.41, 5.74) is 1.51. The van der Waals surface area contributed by atoms with Crippen molar-refractivity contribution < 1.29 is 19.1 Å². The Morgan fingerprint density at radius 1 is 1.24 bits per heavy atom. The Morgan fingerprint density at radius 2 is 1.94 bits per heavy atom. The van der Waals surface area contributed by atoms with Crippen molar-refractivity contribution in [3.05, 3.63) is 86.7 Å². The molecule has 1 aliphatic rings. The van der Waals surface area contributed by atoms with Crippen LogP contribution in [0, 0.1) is 12.8 Å². The van der Waals surface area contributed by atoms with E-state index in [-0.39, 0.29) is 29.7 Å². The summed E-state index contributed by atoms with van der Waals surface area (Å²) >= 11 is 6.13. The standard InChI is InChI=1S/C26H29ClN2O5/c1-3-33-26(32)19-10-12-28(13-11-19)24(18-6-8-20(27)9-7-18)23-22(30)15-17(2)29(25(23)31)16-21-5-4-14-34-21/h4-9,14-15,19,24,30H,3,10-13,16H2,1-2H3/t24-/m1/s1. The van der Waals surface area contributed by atoms with Crippen LogP contribution in [-0.4, -0.2) is 40.2 Å². The van der Waals surface area contributed by atoms with Gasteiger partial charge in [0.15, 0.2) is 0 Å². The first-order chi connectivity index (χ1) is 16.4. The third-order valence-corrected chi connectivity index (χ3v) is 6.64. The number of pyridine rings is 1. The molecule has 8 heteroatoms. The van der Waals surface area contributed by atoms with Crippen molar-refractivity contribution >= 4 is 17.6 Å². The number of benzene rings is 1. The van der Waals surface area contributed by atoms with Crippen molar-refractivity contribution in [3.63, 3.8) is 0 Å². The van der Waals surface area contributed by atoms with Gasteiger partial charge in [-0.3, -0.25) is 14.5 Å². The Bertz CT molecular complexity index is 1180. The molecule has 0 unspecified atom stereocenters. The van der Waals surface area contributed by atoms with E-state index in [9.17, 15) is 14.7 Å². The van der Waals surface area contributed by atoms with Gasteiger partial charge in [-0.1, -0.05) is 23.7 Å². The number of ether oxygens (including phenoxy) is 1. The summed E-state index contributed by atoms with van der Waals surface area (Å²) in [7, 11) is 0. The first kappa shape index (κ1) is 24.1. The Morgan fingerprint density at radius 3 is 2.56 bits per heavy atom. The molecule has 7 nitrogen and oxygen atoms in total. The number of aromatic hydroxyl groups is 1. The number of halogens is 1. The summed E-state index contributed by atoms with van der Waals surface area (Å²) in [5, 5.41) is 11.6. The average Bonchev–Trinajstić information content (AvgIpc) is 3.34. The molecule has 0 aliphatic carbocycles. The van der Waals surface area contributed by atoms with E-state index in [0.29, 0.717) is 54.6 Å². The number of hydrogen-bond donors (Lipinski definition) is 1. The largest absolute Gasteiger partial charge is 0.507 e. The minimum absolute atomic E-state index is 0.0503. The molecular weight excluding hydrogens is 456 g/mol. The van der Waals surface area contributed by atoms with E-state index in [4.69, 9.17) is 20.8 Å². The van der Waals surface area contributed by atoms with Crippen molar-refractivity contribution in [1.82, 2.24) is 9.47 Å². The molecule has 4 rings (SSSR count). The molecule has 1 aliphatic heterocycles. The van der Waals surface area contributed by atoms with Gasteiger partial charge in [-0.25, -0.2) is 0 Å². The number of nitrogens with zero attached hydrogens (tertiary/aromatic N) is 2. The Balaban J connectivity index is 1.74. The SMILES string of the molecule is CCOC(=O)C1CCN([C@H](c2ccc(Cl)cc2)c2c(O)cc(C)n(Cc3ccco3)c2=O)CC1. The fraction of sp³-hybridized carbons (Fsp3) is 0.385. The number of esters is 1. The minimum atomic E-state index is -0.489. The van der Waals surface area contributed by atoms with Gasteiger partial charge in [0.25, 0.3) is 5.56 Å². The topological polar surface area (TPSA) is 84.9 Å². The maximum Gasteiger partial charge on any atom is 0.309 e. The van der Waals surface area contributed by atoms with Crippen LogP contribution < -0.4 is 5.56 Å². The zero-order valence-corrected chi connectivity index (χ0v) is 20.1. The summed E-state index contributed by atoms with van der Waals surface area (Å²) in [6.07, 6.45) is 2.81. The van der Waals surface area contributed by atoms with Gasteiger partial charge in [-0.2, -0.15) is 0 Å². The Hall–Kier alpha value is -3.03. The number of piperidine rings is 1. The van der Waals surface area contributed by atoms with E-state index < -0.39 is 6.04 Å². The van der Waals surface area contributed by atoms with Gasteiger partial charge in [0.05, 0.1) is 36.9 Å². The van der Waals surface area contributed by atoms with Crippen LogP contribution >= 0.6 is 11.6 Å². The number of furan rings is 1. The number of aromatic nitrogens is 1. The van der Waals surface area contributed by atoms with E-state index in [2.05, 4.69) is 4.90 Å². The van der Waals surface area contributed by atoms with Crippen molar-refractivity contribution in [2.75, 3.05) is 19.7 Å². The number of carbonyl (C=O) groups is 1. The molecule has 2 aromatic heterocycles. The molecule has 1 aromatic carbocycles. The van der Waals surface area contributed by atoms with Crippen LogP contribution in [0.5, 0.6) is 5.75 Å². The highest BCUT2D eigenvalue weighted by Crippen LogP contribution is 2.36. The van der Waals surface area contributed by atoms with Crippen LogP contribution in [0.1, 0.15) is 48.4 Å². The van der Waals surface area contributed by atoms with Gasteiger partial charge in [-0.05, 0) is 75.7 Å². The quantitative estimate of drug-likeness (QED) is 0.496. The smallest absolute Gasteiger partial charge is 0.309 e. The van der Waals surface area contributed by atoms with E-state index in [0.717, 1.165) is 5.56 Å². The first-order valence-corrected chi connectivity index (χ1v) is 11.9. The predicted octanol–water partition coefficient (Wildman–Crippen LogP) is 4.52. The van der Waals surface area contributed by atoms with Crippen molar-refractivity contribution in [2.24, 2.45) is 5.92 Å². The van der Waals surface area contributed by atoms with E-state index in [1.54, 1.807) is 48.9 Å². The van der Waals surface area contributed by atoms with Gasteiger partial charge >= 0.3 is 5.97 Å². The lowest BCUT2D eigenvalue weighted by Gasteiger charge is -2.37. The number of aryl methyl sites for hydroxylation is 1. The van der Waals surface area contributed by atoms with Crippen LogP contribution in [0.2, 0.25) is 5.02 Å². The summed E-state index contributed by atoms with van der Waals surface area (Å²) in [6, 6.07) is 12.0. The molecule has 0 amide bonds. The fourth-order valence-corrected chi connectivity index (χ4v) is 4.77. The third kappa shape index (κ3) is 5.05. The molecular formula is C26H29ClN2O5. The Kier molecular flexibility index (Phi) is 7.44. The first-order valence-electron chi connectivity index (χ1n) is 11.5. The summed E-state index contributed by atoms with van der Waals surface area (Å²) in [4.78, 5) is 28.1. The minimum Gasteiger partial charge on any atom is -0.507 e. The summed E-state index contributed by atoms with van der Waals surface area (Å²) < 4.78 is 12.3. The highest BCUT2D eigenvalue weighted by atomic mass is 35.5. The van der Waals surface area contributed by atoms with E-state index in [1.165, 1.54) is 0 Å². The normalized spacial score (nSPS) is 15.9. The highest BCUT2D eigenvalue weighted by molar-refractivity contribution is 6.30.